The smallest absolute Gasteiger partial charge is 0.130 e. The topological polar surface area (TPSA) is 29.3 Å². The van der Waals surface area contributed by atoms with Crippen molar-refractivity contribution in [3.8, 4) is 0 Å². The van der Waals surface area contributed by atoms with Crippen LogP contribution in [-0.4, -0.2) is 12.6 Å². The quantitative estimate of drug-likeness (QED) is 0.835. The van der Waals surface area contributed by atoms with E-state index in [9.17, 15) is 4.39 Å². The van der Waals surface area contributed by atoms with Crippen LogP contribution in [0, 0.1) is 5.82 Å². The summed E-state index contributed by atoms with van der Waals surface area (Å²) in [5.74, 6) is -0.176. The van der Waals surface area contributed by atoms with Crippen LogP contribution in [-0.2, 0) is 0 Å². The van der Waals surface area contributed by atoms with Crippen LogP contribution in [0.25, 0.3) is 0 Å². The summed E-state index contributed by atoms with van der Waals surface area (Å²) in [6.45, 7) is 5.04. The van der Waals surface area contributed by atoms with Gasteiger partial charge >= 0.3 is 0 Å². The molecule has 2 nitrogen and oxygen atoms in total. The molecule has 1 fully saturated rings. The SMILES string of the molecule is CCCCN(c1cccc(F)c1C(C)N)C1CC1. The molecular formula is C15H23FN2. The maximum atomic E-state index is 14.0. The van der Waals surface area contributed by atoms with E-state index in [1.165, 1.54) is 18.9 Å². The fourth-order valence-electron chi connectivity index (χ4n) is 2.44. The molecule has 18 heavy (non-hydrogen) atoms. The Kier molecular flexibility index (Phi) is 4.23. The minimum atomic E-state index is -0.260. The fourth-order valence-corrected chi connectivity index (χ4v) is 2.44. The Hall–Kier alpha value is -1.09. The van der Waals surface area contributed by atoms with Crippen molar-refractivity contribution >= 4 is 5.69 Å². The molecule has 0 heterocycles. The van der Waals surface area contributed by atoms with E-state index in [0.29, 0.717) is 11.6 Å². The zero-order valence-corrected chi connectivity index (χ0v) is 11.3. The highest BCUT2D eigenvalue weighted by Gasteiger charge is 2.31. The summed E-state index contributed by atoms with van der Waals surface area (Å²) >= 11 is 0. The number of hydrogen-bond donors (Lipinski definition) is 1. The molecule has 2 N–H and O–H groups in total. The normalized spacial score (nSPS) is 16.7. The molecule has 1 unspecified atom stereocenters. The first-order chi connectivity index (χ1) is 8.65. The number of halogens is 1. The van der Waals surface area contributed by atoms with Gasteiger partial charge in [-0.05, 0) is 38.3 Å². The van der Waals surface area contributed by atoms with E-state index in [1.807, 2.05) is 13.0 Å². The Morgan fingerprint density at radius 2 is 2.17 bits per heavy atom. The molecule has 0 aliphatic heterocycles. The molecular weight excluding hydrogens is 227 g/mol. The van der Waals surface area contributed by atoms with E-state index in [1.54, 1.807) is 6.07 Å². The van der Waals surface area contributed by atoms with Gasteiger partial charge in [0, 0.05) is 29.9 Å². The van der Waals surface area contributed by atoms with Crippen molar-refractivity contribution in [3.63, 3.8) is 0 Å². The lowest BCUT2D eigenvalue weighted by Crippen LogP contribution is -2.29. The summed E-state index contributed by atoms with van der Waals surface area (Å²) in [5.41, 5.74) is 7.60. The van der Waals surface area contributed by atoms with Crippen LogP contribution < -0.4 is 10.6 Å². The van der Waals surface area contributed by atoms with E-state index in [0.717, 1.165) is 25.1 Å². The average Bonchev–Trinajstić information content (AvgIpc) is 3.13. The monoisotopic (exact) mass is 250 g/mol. The van der Waals surface area contributed by atoms with Gasteiger partial charge in [-0.3, -0.25) is 0 Å². The first-order valence-electron chi connectivity index (χ1n) is 6.95. The van der Waals surface area contributed by atoms with Crippen LogP contribution in [0.4, 0.5) is 10.1 Å². The summed E-state index contributed by atoms with van der Waals surface area (Å²) in [5, 5.41) is 0. The van der Waals surface area contributed by atoms with Crippen molar-refractivity contribution in [1.82, 2.24) is 0 Å². The summed E-state index contributed by atoms with van der Waals surface area (Å²) in [6.07, 6.45) is 4.74. The van der Waals surface area contributed by atoms with Crippen molar-refractivity contribution in [2.24, 2.45) is 5.73 Å². The van der Waals surface area contributed by atoms with Gasteiger partial charge in [0.15, 0.2) is 0 Å². The predicted molar refractivity (Wildman–Crippen MR) is 74.3 cm³/mol. The van der Waals surface area contributed by atoms with E-state index in [-0.39, 0.29) is 11.9 Å². The van der Waals surface area contributed by atoms with E-state index >= 15 is 0 Å². The summed E-state index contributed by atoms with van der Waals surface area (Å²) in [4.78, 5) is 2.35. The molecule has 3 heteroatoms. The Morgan fingerprint density at radius 1 is 1.44 bits per heavy atom. The van der Waals surface area contributed by atoms with Gasteiger partial charge in [-0.1, -0.05) is 19.4 Å². The van der Waals surface area contributed by atoms with Gasteiger partial charge in [0.25, 0.3) is 0 Å². The third-order valence-electron chi connectivity index (χ3n) is 3.53. The third kappa shape index (κ3) is 2.83. The molecule has 1 atom stereocenters. The van der Waals surface area contributed by atoms with Crippen molar-refractivity contribution in [2.75, 3.05) is 11.4 Å². The molecule has 1 aromatic carbocycles. The summed E-state index contributed by atoms with van der Waals surface area (Å²) < 4.78 is 14.0. The highest BCUT2D eigenvalue weighted by Crippen LogP contribution is 2.36. The maximum absolute atomic E-state index is 14.0. The second-order valence-electron chi connectivity index (χ2n) is 5.24. The van der Waals surface area contributed by atoms with Gasteiger partial charge in [0.05, 0.1) is 0 Å². The van der Waals surface area contributed by atoms with E-state index in [4.69, 9.17) is 5.73 Å². The predicted octanol–water partition coefficient (Wildman–Crippen LogP) is 3.61. The molecule has 1 saturated carbocycles. The lowest BCUT2D eigenvalue weighted by Gasteiger charge is -2.28. The van der Waals surface area contributed by atoms with Crippen LogP contribution >= 0.6 is 0 Å². The average molecular weight is 250 g/mol. The van der Waals surface area contributed by atoms with Crippen LogP contribution in [0.2, 0.25) is 0 Å². The fraction of sp³-hybridized carbons (Fsp3) is 0.600. The Bertz CT molecular complexity index is 399. The summed E-state index contributed by atoms with van der Waals surface area (Å²) in [6, 6.07) is 5.64. The highest BCUT2D eigenvalue weighted by molar-refractivity contribution is 5.57. The number of anilines is 1. The number of rotatable bonds is 6. The van der Waals surface area contributed by atoms with Crippen molar-refractivity contribution in [3.05, 3.63) is 29.6 Å². The number of nitrogens with two attached hydrogens (primary N) is 1. The number of unbranched alkanes of at least 4 members (excludes halogenated alkanes) is 1. The second kappa shape index (κ2) is 5.70. The first kappa shape index (κ1) is 13.3. The van der Waals surface area contributed by atoms with E-state index in [2.05, 4.69) is 11.8 Å². The van der Waals surface area contributed by atoms with Gasteiger partial charge in [0.2, 0.25) is 0 Å². The van der Waals surface area contributed by atoms with Crippen molar-refractivity contribution < 1.29 is 4.39 Å². The number of hydrogen-bond acceptors (Lipinski definition) is 2. The molecule has 0 amide bonds. The van der Waals surface area contributed by atoms with Gasteiger partial charge in [0.1, 0.15) is 5.82 Å². The van der Waals surface area contributed by atoms with Gasteiger partial charge in [-0.15, -0.1) is 0 Å². The zero-order chi connectivity index (χ0) is 13.1. The second-order valence-corrected chi connectivity index (χ2v) is 5.24. The third-order valence-corrected chi connectivity index (χ3v) is 3.53. The van der Waals surface area contributed by atoms with Gasteiger partial charge in [-0.2, -0.15) is 0 Å². The van der Waals surface area contributed by atoms with Gasteiger partial charge < -0.3 is 10.6 Å². The Balaban J connectivity index is 2.31. The molecule has 1 aromatic rings. The molecule has 1 aliphatic rings. The lowest BCUT2D eigenvalue weighted by atomic mass is 10.0. The maximum Gasteiger partial charge on any atom is 0.130 e. The Morgan fingerprint density at radius 3 is 2.72 bits per heavy atom. The van der Waals surface area contributed by atoms with Crippen molar-refractivity contribution in [1.29, 1.82) is 0 Å². The van der Waals surface area contributed by atoms with E-state index < -0.39 is 0 Å². The lowest BCUT2D eigenvalue weighted by molar-refractivity contribution is 0.589. The van der Waals surface area contributed by atoms with Crippen LogP contribution in [0.1, 0.15) is 51.1 Å². The minimum absolute atomic E-state index is 0.176. The molecule has 0 saturated heterocycles. The molecule has 100 valence electrons. The molecule has 0 bridgehead atoms. The molecule has 1 aliphatic carbocycles. The van der Waals surface area contributed by atoms with Crippen LogP contribution in [0.3, 0.4) is 0 Å². The Labute approximate surface area is 109 Å². The molecule has 0 spiro atoms. The summed E-state index contributed by atoms with van der Waals surface area (Å²) in [7, 11) is 0. The minimum Gasteiger partial charge on any atom is -0.368 e. The number of nitrogens with zero attached hydrogens (tertiary/aromatic N) is 1. The van der Waals surface area contributed by atoms with Crippen LogP contribution in [0.5, 0.6) is 0 Å². The standard InChI is InChI=1S/C15H23FN2/c1-3-4-10-18(12-8-9-12)14-7-5-6-13(16)15(14)11(2)17/h5-7,11-12H,3-4,8-10,17H2,1-2H3. The first-order valence-corrected chi connectivity index (χ1v) is 6.95. The molecule has 0 radical (unpaired) electrons. The highest BCUT2D eigenvalue weighted by atomic mass is 19.1. The zero-order valence-electron chi connectivity index (χ0n) is 11.3. The van der Waals surface area contributed by atoms with Crippen LogP contribution in [0.15, 0.2) is 18.2 Å². The number of benzene rings is 1. The largest absolute Gasteiger partial charge is 0.368 e. The molecule has 0 aromatic heterocycles. The van der Waals surface area contributed by atoms with Crippen molar-refractivity contribution in [2.45, 2.75) is 51.6 Å². The molecule has 2 rings (SSSR count). The van der Waals surface area contributed by atoms with Gasteiger partial charge in [-0.25, -0.2) is 4.39 Å².